The van der Waals surface area contributed by atoms with E-state index in [1.807, 2.05) is 12.1 Å². The van der Waals surface area contributed by atoms with Crippen molar-refractivity contribution in [2.75, 3.05) is 6.54 Å². The van der Waals surface area contributed by atoms with Crippen LogP contribution in [-0.4, -0.2) is 26.8 Å². The molecule has 7 heteroatoms. The summed E-state index contributed by atoms with van der Waals surface area (Å²) >= 11 is 3.52. The molecular formula is C13H18BrN5O. The molecule has 0 unspecified atom stereocenters. The van der Waals surface area contributed by atoms with E-state index in [0.29, 0.717) is 12.4 Å². The Kier molecular flexibility index (Phi) is 5.49. The maximum absolute atomic E-state index is 5.67. The van der Waals surface area contributed by atoms with Gasteiger partial charge in [0, 0.05) is 6.54 Å². The number of nitrogens with zero attached hydrogens (tertiary/aromatic N) is 4. The first kappa shape index (κ1) is 14.9. The summed E-state index contributed by atoms with van der Waals surface area (Å²) < 4.78 is 6.60. The van der Waals surface area contributed by atoms with Crippen LogP contribution in [-0.2, 0) is 20.2 Å². The maximum atomic E-state index is 5.67. The number of tetrazole rings is 1. The quantitative estimate of drug-likeness (QED) is 0.782. The summed E-state index contributed by atoms with van der Waals surface area (Å²) in [5.74, 6) is 1.34. The lowest BCUT2D eigenvalue weighted by Crippen LogP contribution is -2.13. The number of aromatic nitrogens is 4. The molecule has 0 atom stereocenters. The van der Waals surface area contributed by atoms with Crippen LogP contribution in [0.25, 0.3) is 0 Å². The van der Waals surface area contributed by atoms with Gasteiger partial charge < -0.3 is 10.1 Å². The van der Waals surface area contributed by atoms with Crippen molar-refractivity contribution in [2.45, 2.75) is 26.5 Å². The third-order valence-corrected chi connectivity index (χ3v) is 3.28. The molecule has 1 N–H and O–H groups in total. The van der Waals surface area contributed by atoms with Crippen LogP contribution in [0.2, 0.25) is 0 Å². The topological polar surface area (TPSA) is 64.9 Å². The van der Waals surface area contributed by atoms with Gasteiger partial charge in [-0.15, -0.1) is 10.2 Å². The van der Waals surface area contributed by atoms with Crippen molar-refractivity contribution in [3.05, 3.63) is 34.1 Å². The van der Waals surface area contributed by atoms with Crippen LogP contribution in [0.3, 0.4) is 0 Å². The van der Waals surface area contributed by atoms with Gasteiger partial charge in [0.05, 0.1) is 11.5 Å². The molecule has 0 bridgehead atoms. The fraction of sp³-hybridized carbons (Fsp3) is 0.462. The van der Waals surface area contributed by atoms with Gasteiger partial charge in [0.2, 0.25) is 5.82 Å². The van der Waals surface area contributed by atoms with Gasteiger partial charge in [0.25, 0.3) is 0 Å². The first-order valence-corrected chi connectivity index (χ1v) is 7.33. The van der Waals surface area contributed by atoms with E-state index < -0.39 is 0 Å². The molecule has 0 aliphatic carbocycles. The van der Waals surface area contributed by atoms with Crippen molar-refractivity contribution in [3.63, 3.8) is 0 Å². The molecular weight excluding hydrogens is 322 g/mol. The van der Waals surface area contributed by atoms with Crippen molar-refractivity contribution in [1.82, 2.24) is 25.5 Å². The van der Waals surface area contributed by atoms with Gasteiger partial charge in [-0.1, -0.05) is 13.0 Å². The maximum Gasteiger partial charge on any atom is 0.212 e. The Morgan fingerprint density at radius 3 is 2.90 bits per heavy atom. The Hall–Kier alpha value is -1.47. The average Bonchev–Trinajstić information content (AvgIpc) is 2.84. The number of aryl methyl sites for hydroxylation is 1. The molecule has 1 aromatic heterocycles. The van der Waals surface area contributed by atoms with Crippen LogP contribution in [0.15, 0.2) is 22.7 Å². The molecule has 0 aliphatic heterocycles. The molecule has 0 aliphatic rings. The van der Waals surface area contributed by atoms with Gasteiger partial charge in [-0.05, 0) is 51.8 Å². The molecule has 0 saturated carbocycles. The minimum atomic E-state index is 0.305. The Labute approximate surface area is 126 Å². The van der Waals surface area contributed by atoms with E-state index in [-0.39, 0.29) is 0 Å². The molecule has 1 heterocycles. The highest BCUT2D eigenvalue weighted by Crippen LogP contribution is 2.26. The lowest BCUT2D eigenvalue weighted by atomic mass is 10.2. The zero-order chi connectivity index (χ0) is 14.4. The number of halogens is 1. The van der Waals surface area contributed by atoms with Crippen LogP contribution in [0.4, 0.5) is 0 Å². The van der Waals surface area contributed by atoms with E-state index >= 15 is 0 Å². The number of rotatable bonds is 7. The summed E-state index contributed by atoms with van der Waals surface area (Å²) in [4.78, 5) is 1.41. The molecule has 0 radical (unpaired) electrons. The molecule has 20 heavy (non-hydrogen) atoms. The molecule has 0 fully saturated rings. The second-order valence-corrected chi connectivity index (χ2v) is 5.28. The Balaban J connectivity index is 1.92. The minimum absolute atomic E-state index is 0.305. The molecule has 6 nitrogen and oxygen atoms in total. The van der Waals surface area contributed by atoms with E-state index in [4.69, 9.17) is 4.74 Å². The highest BCUT2D eigenvalue weighted by Gasteiger charge is 2.06. The summed E-state index contributed by atoms with van der Waals surface area (Å²) in [5, 5.41) is 15.1. The Morgan fingerprint density at radius 1 is 1.40 bits per heavy atom. The van der Waals surface area contributed by atoms with Crippen molar-refractivity contribution >= 4 is 15.9 Å². The zero-order valence-electron chi connectivity index (χ0n) is 11.6. The third kappa shape index (κ3) is 4.28. The smallest absolute Gasteiger partial charge is 0.212 e. The normalized spacial score (nSPS) is 10.8. The highest BCUT2D eigenvalue weighted by atomic mass is 79.9. The molecule has 0 spiro atoms. The van der Waals surface area contributed by atoms with Gasteiger partial charge in [-0.3, -0.25) is 0 Å². The SMILES string of the molecule is CCCNCc1ccc(OCc2nnn(C)n2)c(Br)c1. The predicted molar refractivity (Wildman–Crippen MR) is 79.3 cm³/mol. The predicted octanol–water partition coefficient (Wildman–Crippen LogP) is 2.05. The number of hydrogen-bond donors (Lipinski definition) is 1. The highest BCUT2D eigenvalue weighted by molar-refractivity contribution is 9.10. The standard InChI is InChI=1S/C13H18BrN5O/c1-3-6-15-8-10-4-5-12(11(14)7-10)20-9-13-16-18-19(2)17-13/h4-5,7,15H,3,6,8-9H2,1-2H3. The zero-order valence-corrected chi connectivity index (χ0v) is 13.2. The van der Waals surface area contributed by atoms with E-state index in [9.17, 15) is 0 Å². The van der Waals surface area contributed by atoms with Gasteiger partial charge in [-0.25, -0.2) is 0 Å². The van der Waals surface area contributed by atoms with Crippen molar-refractivity contribution in [1.29, 1.82) is 0 Å². The Bertz CT molecular complexity index is 557. The Morgan fingerprint density at radius 2 is 2.25 bits per heavy atom. The summed E-state index contributed by atoms with van der Waals surface area (Å²) in [5.41, 5.74) is 1.22. The molecule has 0 saturated heterocycles. The summed E-state index contributed by atoms with van der Waals surface area (Å²) in [6.07, 6.45) is 1.13. The number of hydrogen-bond acceptors (Lipinski definition) is 5. The fourth-order valence-electron chi connectivity index (χ4n) is 1.70. The largest absolute Gasteiger partial charge is 0.484 e. The van der Waals surface area contributed by atoms with Gasteiger partial charge in [0.15, 0.2) is 6.61 Å². The number of benzene rings is 1. The van der Waals surface area contributed by atoms with E-state index in [1.165, 1.54) is 10.4 Å². The fourth-order valence-corrected chi connectivity index (χ4v) is 2.24. The number of nitrogens with one attached hydrogen (secondary N) is 1. The van der Waals surface area contributed by atoms with Crippen molar-refractivity contribution in [3.8, 4) is 5.75 Å². The van der Waals surface area contributed by atoms with Crippen LogP contribution in [0.5, 0.6) is 5.75 Å². The van der Waals surface area contributed by atoms with Crippen LogP contribution in [0, 0.1) is 0 Å². The van der Waals surface area contributed by atoms with E-state index in [1.54, 1.807) is 7.05 Å². The lowest BCUT2D eigenvalue weighted by Gasteiger charge is -2.09. The number of ether oxygens (including phenoxy) is 1. The molecule has 0 amide bonds. The van der Waals surface area contributed by atoms with Crippen LogP contribution in [0.1, 0.15) is 24.7 Å². The second-order valence-electron chi connectivity index (χ2n) is 4.43. The first-order valence-electron chi connectivity index (χ1n) is 6.54. The van der Waals surface area contributed by atoms with E-state index in [2.05, 4.69) is 49.6 Å². The molecule has 2 rings (SSSR count). The minimum Gasteiger partial charge on any atom is -0.484 e. The molecule has 1 aromatic carbocycles. The van der Waals surface area contributed by atoms with Gasteiger partial charge >= 0.3 is 0 Å². The second kappa shape index (κ2) is 7.35. The van der Waals surface area contributed by atoms with Gasteiger partial charge in [-0.2, -0.15) is 4.80 Å². The first-order chi connectivity index (χ1) is 9.69. The van der Waals surface area contributed by atoms with Crippen molar-refractivity contribution < 1.29 is 4.74 Å². The van der Waals surface area contributed by atoms with E-state index in [0.717, 1.165) is 29.7 Å². The van der Waals surface area contributed by atoms with Gasteiger partial charge in [0.1, 0.15) is 5.75 Å². The molecule has 108 valence electrons. The van der Waals surface area contributed by atoms with Crippen LogP contribution < -0.4 is 10.1 Å². The third-order valence-electron chi connectivity index (χ3n) is 2.66. The summed E-state index contributed by atoms with van der Waals surface area (Å²) in [7, 11) is 1.73. The lowest BCUT2D eigenvalue weighted by molar-refractivity contribution is 0.293. The summed E-state index contributed by atoms with van der Waals surface area (Å²) in [6, 6.07) is 6.05. The average molecular weight is 340 g/mol. The molecule has 2 aromatic rings. The summed E-state index contributed by atoms with van der Waals surface area (Å²) in [6.45, 7) is 4.34. The monoisotopic (exact) mass is 339 g/mol. The van der Waals surface area contributed by atoms with Crippen molar-refractivity contribution in [2.24, 2.45) is 7.05 Å². The van der Waals surface area contributed by atoms with Crippen LogP contribution >= 0.6 is 15.9 Å².